The summed E-state index contributed by atoms with van der Waals surface area (Å²) in [6, 6.07) is 12.5. The minimum atomic E-state index is -4.60. The molecule has 0 saturated carbocycles. The van der Waals surface area contributed by atoms with Crippen LogP contribution in [0.3, 0.4) is 0 Å². The van der Waals surface area contributed by atoms with Gasteiger partial charge in [-0.1, -0.05) is 12.1 Å². The zero-order valence-electron chi connectivity index (χ0n) is 17.7. The molecule has 1 aromatic heterocycles. The van der Waals surface area contributed by atoms with Gasteiger partial charge < -0.3 is 10.2 Å². The highest BCUT2D eigenvalue weighted by Crippen LogP contribution is 2.31. The number of amides is 1. The van der Waals surface area contributed by atoms with Gasteiger partial charge in [-0.05, 0) is 48.5 Å². The van der Waals surface area contributed by atoms with Gasteiger partial charge in [0.25, 0.3) is 15.9 Å². The minimum Gasteiger partial charge on any atom is -0.362 e. The molecule has 3 aromatic rings. The monoisotopic (exact) mass is 478 g/mol. The maximum absolute atomic E-state index is 12.9. The van der Waals surface area contributed by atoms with Crippen LogP contribution in [0.5, 0.6) is 0 Å². The molecule has 33 heavy (non-hydrogen) atoms. The Balaban J connectivity index is 1.70. The van der Waals surface area contributed by atoms with Crippen molar-refractivity contribution in [1.82, 2.24) is 10.3 Å². The molecule has 0 spiro atoms. The topological polar surface area (TPSA) is 91.4 Å². The van der Waals surface area contributed by atoms with E-state index in [4.69, 9.17) is 0 Å². The fourth-order valence-corrected chi connectivity index (χ4v) is 4.06. The van der Waals surface area contributed by atoms with E-state index in [0.717, 1.165) is 17.7 Å². The van der Waals surface area contributed by atoms with E-state index >= 15 is 0 Å². The lowest BCUT2D eigenvalue weighted by Crippen LogP contribution is -2.24. The number of carbonyl (C=O) groups excluding carboxylic acids is 1. The third-order valence-electron chi connectivity index (χ3n) is 4.60. The van der Waals surface area contributed by atoms with Crippen LogP contribution in [-0.2, 0) is 22.7 Å². The quantitative estimate of drug-likeness (QED) is 0.538. The molecule has 174 valence electrons. The Labute approximate surface area is 189 Å². The van der Waals surface area contributed by atoms with Gasteiger partial charge in [-0.3, -0.25) is 9.52 Å². The molecule has 0 atom stereocenters. The first-order valence-electron chi connectivity index (χ1n) is 9.67. The summed E-state index contributed by atoms with van der Waals surface area (Å²) in [5.74, 6) is 0.290. The number of halogens is 3. The molecule has 2 N–H and O–H groups in total. The molecular weight excluding hydrogens is 457 g/mol. The first kappa shape index (κ1) is 24.1. The summed E-state index contributed by atoms with van der Waals surface area (Å²) in [5, 5.41) is 2.75. The highest BCUT2D eigenvalue weighted by molar-refractivity contribution is 7.92. The van der Waals surface area contributed by atoms with Crippen LogP contribution in [0.15, 0.2) is 71.8 Å². The standard InChI is InChI=1S/C22H21F3N4O3S/c1-29(2)20-16(5-4-12-26-20)14-27-21(30)15-8-10-19(11-9-15)33(31,32)28-18-7-3-6-17(13-18)22(23,24)25/h3-13,28H,14H2,1-2H3,(H,27,30). The van der Waals surface area contributed by atoms with Gasteiger partial charge in [-0.2, -0.15) is 13.2 Å². The number of carbonyl (C=O) groups is 1. The summed E-state index contributed by atoms with van der Waals surface area (Å²) >= 11 is 0. The molecule has 0 unspecified atom stereocenters. The van der Waals surface area contributed by atoms with Gasteiger partial charge in [0.1, 0.15) is 5.82 Å². The minimum absolute atomic E-state index is 0.196. The Morgan fingerprint density at radius 1 is 1.03 bits per heavy atom. The first-order valence-corrected chi connectivity index (χ1v) is 11.2. The van der Waals surface area contributed by atoms with Gasteiger partial charge in [0, 0.05) is 43.7 Å². The van der Waals surface area contributed by atoms with Crippen molar-refractivity contribution < 1.29 is 26.4 Å². The average molecular weight is 478 g/mol. The molecule has 0 bridgehead atoms. The second-order valence-electron chi connectivity index (χ2n) is 7.27. The molecule has 1 amide bonds. The van der Waals surface area contributed by atoms with E-state index < -0.39 is 27.7 Å². The van der Waals surface area contributed by atoms with Crippen molar-refractivity contribution in [3.63, 3.8) is 0 Å². The van der Waals surface area contributed by atoms with Crippen LogP contribution in [0.4, 0.5) is 24.7 Å². The number of aromatic nitrogens is 1. The van der Waals surface area contributed by atoms with E-state index in [1.165, 1.54) is 30.3 Å². The molecule has 11 heteroatoms. The van der Waals surface area contributed by atoms with E-state index in [2.05, 4.69) is 15.0 Å². The molecule has 0 saturated heterocycles. The fourth-order valence-electron chi connectivity index (χ4n) is 3.01. The number of anilines is 2. The number of nitrogens with one attached hydrogen (secondary N) is 2. The summed E-state index contributed by atoms with van der Waals surface area (Å²) < 4.78 is 65.8. The van der Waals surface area contributed by atoms with Crippen LogP contribution in [0.25, 0.3) is 0 Å². The molecule has 1 heterocycles. The number of hydrogen-bond donors (Lipinski definition) is 2. The van der Waals surface area contributed by atoms with Crippen LogP contribution in [-0.4, -0.2) is 33.4 Å². The van der Waals surface area contributed by atoms with Crippen molar-refractivity contribution in [2.24, 2.45) is 0 Å². The van der Waals surface area contributed by atoms with Crippen molar-refractivity contribution in [1.29, 1.82) is 0 Å². The molecule has 0 aliphatic rings. The van der Waals surface area contributed by atoms with Gasteiger partial charge >= 0.3 is 6.18 Å². The SMILES string of the molecule is CN(C)c1ncccc1CNC(=O)c1ccc(S(=O)(=O)Nc2cccc(C(F)(F)F)c2)cc1. The van der Waals surface area contributed by atoms with Gasteiger partial charge in [-0.15, -0.1) is 0 Å². The van der Waals surface area contributed by atoms with Crippen LogP contribution < -0.4 is 14.9 Å². The van der Waals surface area contributed by atoms with E-state index in [9.17, 15) is 26.4 Å². The van der Waals surface area contributed by atoms with E-state index in [1.807, 2.05) is 25.1 Å². The number of rotatable bonds is 7. The maximum atomic E-state index is 12.9. The summed E-state index contributed by atoms with van der Waals surface area (Å²) in [4.78, 5) is 18.3. The number of pyridine rings is 1. The first-order chi connectivity index (χ1) is 15.5. The van der Waals surface area contributed by atoms with Crippen molar-refractivity contribution >= 4 is 27.4 Å². The Hall–Kier alpha value is -3.60. The van der Waals surface area contributed by atoms with Crippen LogP contribution in [0.1, 0.15) is 21.5 Å². The van der Waals surface area contributed by atoms with Crippen LogP contribution >= 0.6 is 0 Å². The Morgan fingerprint density at radius 3 is 2.36 bits per heavy atom. The fraction of sp³-hybridized carbons (Fsp3) is 0.182. The lowest BCUT2D eigenvalue weighted by atomic mass is 10.2. The molecular formula is C22H21F3N4O3S. The Bertz CT molecular complexity index is 1240. The predicted octanol–water partition coefficient (Wildman–Crippen LogP) is 3.90. The summed E-state index contributed by atoms with van der Waals surface area (Å²) in [7, 11) is -0.484. The maximum Gasteiger partial charge on any atom is 0.416 e. The molecule has 2 aromatic carbocycles. The molecule has 7 nitrogen and oxygen atoms in total. The lowest BCUT2D eigenvalue weighted by Gasteiger charge is -2.16. The molecule has 0 aliphatic heterocycles. The van der Waals surface area contributed by atoms with Crippen molar-refractivity contribution in [3.05, 3.63) is 83.6 Å². The van der Waals surface area contributed by atoms with Crippen LogP contribution in [0.2, 0.25) is 0 Å². The van der Waals surface area contributed by atoms with E-state index in [-0.39, 0.29) is 22.7 Å². The number of benzene rings is 2. The third kappa shape index (κ3) is 6.01. The molecule has 0 aliphatic carbocycles. The van der Waals surface area contributed by atoms with Gasteiger partial charge in [0.15, 0.2) is 0 Å². The zero-order chi connectivity index (χ0) is 24.2. The highest BCUT2D eigenvalue weighted by Gasteiger charge is 2.30. The molecule has 0 radical (unpaired) electrons. The zero-order valence-corrected chi connectivity index (χ0v) is 18.5. The highest BCUT2D eigenvalue weighted by atomic mass is 32.2. The summed E-state index contributed by atoms with van der Waals surface area (Å²) in [6.45, 7) is 0.220. The van der Waals surface area contributed by atoms with E-state index in [0.29, 0.717) is 11.9 Å². The van der Waals surface area contributed by atoms with Gasteiger partial charge in [0.2, 0.25) is 0 Å². The second-order valence-corrected chi connectivity index (χ2v) is 8.95. The second kappa shape index (κ2) is 9.49. The van der Waals surface area contributed by atoms with Crippen molar-refractivity contribution in [2.45, 2.75) is 17.6 Å². The van der Waals surface area contributed by atoms with E-state index in [1.54, 1.807) is 12.3 Å². The largest absolute Gasteiger partial charge is 0.416 e. The normalized spacial score (nSPS) is 11.7. The van der Waals surface area contributed by atoms with Gasteiger partial charge in [-0.25, -0.2) is 13.4 Å². The summed E-state index contributed by atoms with van der Waals surface area (Å²) in [6.07, 6.45) is -2.95. The van der Waals surface area contributed by atoms with Crippen molar-refractivity contribution in [2.75, 3.05) is 23.7 Å². The number of hydrogen-bond acceptors (Lipinski definition) is 5. The van der Waals surface area contributed by atoms with Gasteiger partial charge in [0.05, 0.1) is 10.5 Å². The smallest absolute Gasteiger partial charge is 0.362 e. The third-order valence-corrected chi connectivity index (χ3v) is 6.00. The van der Waals surface area contributed by atoms with Crippen molar-refractivity contribution in [3.8, 4) is 0 Å². The predicted molar refractivity (Wildman–Crippen MR) is 118 cm³/mol. The average Bonchev–Trinajstić information content (AvgIpc) is 2.77. The summed E-state index contributed by atoms with van der Waals surface area (Å²) in [5.41, 5.74) is -0.163. The lowest BCUT2D eigenvalue weighted by molar-refractivity contribution is -0.137. The van der Waals surface area contributed by atoms with Crippen LogP contribution in [0, 0.1) is 0 Å². The number of nitrogens with zero attached hydrogens (tertiary/aromatic N) is 2. The Kier molecular flexibility index (Phi) is 6.92. The molecule has 0 fully saturated rings. The Morgan fingerprint density at radius 2 is 1.73 bits per heavy atom. The number of sulfonamides is 1. The number of alkyl halides is 3. The molecule has 3 rings (SSSR count).